The van der Waals surface area contributed by atoms with Gasteiger partial charge in [0.15, 0.2) is 0 Å². The Morgan fingerprint density at radius 2 is 1.80 bits per heavy atom. The van der Waals surface area contributed by atoms with Crippen molar-refractivity contribution in [2.24, 2.45) is 5.92 Å². The number of benzene rings is 1. The van der Waals surface area contributed by atoms with Gasteiger partial charge in [0.05, 0.1) is 0 Å². The van der Waals surface area contributed by atoms with Crippen molar-refractivity contribution in [3.05, 3.63) is 35.9 Å². The third-order valence-corrected chi connectivity index (χ3v) is 4.02. The molecule has 112 valence electrons. The first-order valence-electron chi connectivity index (χ1n) is 7.01. The number of alkyl halides is 3. The van der Waals surface area contributed by atoms with Crippen LogP contribution in [0.5, 0.6) is 0 Å². The number of nitrogens with zero attached hydrogens (tertiary/aromatic N) is 1. The summed E-state index contributed by atoms with van der Waals surface area (Å²) >= 11 is 0. The summed E-state index contributed by atoms with van der Waals surface area (Å²) in [4.78, 5) is 2.23. The molecule has 2 nitrogen and oxygen atoms in total. The number of piperidine rings is 1. The Kier molecular flexibility index (Phi) is 5.05. The summed E-state index contributed by atoms with van der Waals surface area (Å²) in [7, 11) is 1.40. The molecule has 1 aliphatic heterocycles. The first-order chi connectivity index (χ1) is 9.50. The molecule has 1 saturated heterocycles. The average Bonchev–Trinajstić information content (AvgIpc) is 2.41. The van der Waals surface area contributed by atoms with E-state index in [1.54, 1.807) is 0 Å². The van der Waals surface area contributed by atoms with Crippen LogP contribution in [0.2, 0.25) is 0 Å². The third-order valence-electron chi connectivity index (χ3n) is 4.02. The predicted molar refractivity (Wildman–Crippen MR) is 73.3 cm³/mol. The zero-order valence-electron chi connectivity index (χ0n) is 11.7. The maximum atomic E-state index is 12.9. The van der Waals surface area contributed by atoms with Gasteiger partial charge in [-0.2, -0.15) is 13.2 Å². The Balaban J connectivity index is 1.86. The molecule has 1 aliphatic rings. The van der Waals surface area contributed by atoms with Crippen LogP contribution in [0.3, 0.4) is 0 Å². The van der Waals surface area contributed by atoms with Crippen molar-refractivity contribution in [3.8, 4) is 0 Å². The largest absolute Gasteiger partial charge is 0.404 e. The molecule has 2 rings (SSSR count). The highest BCUT2D eigenvalue weighted by molar-refractivity contribution is 5.14. The summed E-state index contributed by atoms with van der Waals surface area (Å²) in [6.07, 6.45) is -2.96. The van der Waals surface area contributed by atoms with Crippen molar-refractivity contribution in [1.29, 1.82) is 0 Å². The summed E-state index contributed by atoms with van der Waals surface area (Å²) in [6, 6.07) is 8.68. The molecule has 0 aliphatic carbocycles. The fourth-order valence-electron chi connectivity index (χ4n) is 2.95. The summed E-state index contributed by atoms with van der Waals surface area (Å²) < 4.78 is 38.6. The quantitative estimate of drug-likeness (QED) is 0.915. The summed E-state index contributed by atoms with van der Waals surface area (Å²) in [6.45, 7) is 2.28. The van der Waals surface area contributed by atoms with Crippen molar-refractivity contribution in [2.75, 3.05) is 20.1 Å². The fraction of sp³-hybridized carbons (Fsp3) is 0.600. The maximum Gasteiger partial charge on any atom is 0.404 e. The number of nitrogens with one attached hydrogen (secondary N) is 1. The van der Waals surface area contributed by atoms with Crippen molar-refractivity contribution in [1.82, 2.24) is 10.2 Å². The Bertz CT molecular complexity index is 397. The van der Waals surface area contributed by atoms with Crippen LogP contribution in [0.15, 0.2) is 30.3 Å². The van der Waals surface area contributed by atoms with Gasteiger partial charge in [-0.3, -0.25) is 4.90 Å². The van der Waals surface area contributed by atoms with E-state index in [9.17, 15) is 13.2 Å². The summed E-state index contributed by atoms with van der Waals surface area (Å²) in [5, 5.41) is 2.43. The molecule has 5 heteroatoms. The van der Waals surface area contributed by atoms with E-state index < -0.39 is 12.2 Å². The molecule has 0 spiro atoms. The second-order valence-electron chi connectivity index (χ2n) is 5.41. The molecule has 1 atom stereocenters. The Labute approximate surface area is 118 Å². The van der Waals surface area contributed by atoms with Crippen LogP contribution in [-0.4, -0.2) is 37.3 Å². The molecule has 0 amide bonds. The van der Waals surface area contributed by atoms with E-state index in [2.05, 4.69) is 22.3 Å². The molecule has 0 radical (unpaired) electrons. The molecule has 20 heavy (non-hydrogen) atoms. The van der Waals surface area contributed by atoms with Crippen LogP contribution in [0.1, 0.15) is 18.4 Å². The van der Waals surface area contributed by atoms with Crippen LogP contribution in [-0.2, 0) is 6.54 Å². The number of hydrogen-bond acceptors (Lipinski definition) is 2. The number of likely N-dealkylation sites (tertiary alicyclic amines) is 1. The van der Waals surface area contributed by atoms with Crippen molar-refractivity contribution < 1.29 is 13.2 Å². The lowest BCUT2D eigenvalue weighted by molar-refractivity contribution is -0.170. The highest BCUT2D eigenvalue weighted by atomic mass is 19.4. The SMILES string of the molecule is CNC(C1CCN(Cc2ccccc2)CC1)C(F)(F)F. The molecule has 1 aromatic carbocycles. The monoisotopic (exact) mass is 286 g/mol. The Hall–Kier alpha value is -1.07. The van der Waals surface area contributed by atoms with E-state index in [0.717, 1.165) is 19.6 Å². The van der Waals surface area contributed by atoms with E-state index in [1.807, 2.05) is 18.2 Å². The molecule has 1 N–H and O–H groups in total. The zero-order valence-corrected chi connectivity index (χ0v) is 11.7. The van der Waals surface area contributed by atoms with Gasteiger partial charge in [0.1, 0.15) is 6.04 Å². The Morgan fingerprint density at radius 1 is 1.20 bits per heavy atom. The predicted octanol–water partition coefficient (Wildman–Crippen LogP) is 3.05. The molecule has 1 fully saturated rings. The van der Waals surface area contributed by atoms with Gasteiger partial charge in [0.25, 0.3) is 0 Å². The minimum absolute atomic E-state index is 0.313. The fourth-order valence-corrected chi connectivity index (χ4v) is 2.95. The first kappa shape index (κ1) is 15.3. The molecular formula is C15H21F3N2. The van der Waals surface area contributed by atoms with E-state index in [0.29, 0.717) is 12.8 Å². The number of hydrogen-bond donors (Lipinski definition) is 1. The zero-order chi connectivity index (χ0) is 14.6. The Morgan fingerprint density at radius 3 is 2.30 bits per heavy atom. The van der Waals surface area contributed by atoms with Gasteiger partial charge in [0.2, 0.25) is 0 Å². The molecule has 0 saturated carbocycles. The van der Waals surface area contributed by atoms with E-state index >= 15 is 0 Å². The van der Waals surface area contributed by atoms with Crippen molar-refractivity contribution >= 4 is 0 Å². The summed E-state index contributed by atoms with van der Waals surface area (Å²) in [5.41, 5.74) is 1.21. The second-order valence-corrected chi connectivity index (χ2v) is 5.41. The molecule has 1 unspecified atom stereocenters. The molecule has 1 aromatic rings. The topological polar surface area (TPSA) is 15.3 Å². The minimum Gasteiger partial charge on any atom is -0.309 e. The van der Waals surface area contributed by atoms with Crippen molar-refractivity contribution in [3.63, 3.8) is 0 Å². The molecule has 0 aromatic heterocycles. The highest BCUT2D eigenvalue weighted by Gasteiger charge is 2.44. The van der Waals surface area contributed by atoms with Crippen molar-refractivity contribution in [2.45, 2.75) is 31.6 Å². The van der Waals surface area contributed by atoms with Gasteiger partial charge < -0.3 is 5.32 Å². The van der Waals surface area contributed by atoms with Gasteiger partial charge in [-0.25, -0.2) is 0 Å². The van der Waals surface area contributed by atoms with Crippen LogP contribution in [0.25, 0.3) is 0 Å². The van der Waals surface area contributed by atoms with Gasteiger partial charge in [0, 0.05) is 6.54 Å². The lowest BCUT2D eigenvalue weighted by Crippen LogP contribution is -2.49. The average molecular weight is 286 g/mol. The number of rotatable bonds is 4. The minimum atomic E-state index is -4.15. The normalized spacial score (nSPS) is 20.0. The second kappa shape index (κ2) is 6.59. The van der Waals surface area contributed by atoms with Crippen LogP contribution in [0.4, 0.5) is 13.2 Å². The van der Waals surface area contributed by atoms with Crippen LogP contribution >= 0.6 is 0 Å². The lowest BCUT2D eigenvalue weighted by atomic mass is 9.89. The molecular weight excluding hydrogens is 265 g/mol. The van der Waals surface area contributed by atoms with Gasteiger partial charge >= 0.3 is 6.18 Å². The van der Waals surface area contributed by atoms with Crippen LogP contribution < -0.4 is 5.32 Å². The van der Waals surface area contributed by atoms with Gasteiger partial charge in [-0.05, 0) is 44.5 Å². The van der Waals surface area contributed by atoms with Crippen LogP contribution in [0, 0.1) is 5.92 Å². The van der Waals surface area contributed by atoms with Gasteiger partial charge in [-0.15, -0.1) is 0 Å². The van der Waals surface area contributed by atoms with E-state index in [4.69, 9.17) is 0 Å². The first-order valence-corrected chi connectivity index (χ1v) is 7.01. The van der Waals surface area contributed by atoms with Gasteiger partial charge in [-0.1, -0.05) is 30.3 Å². The van der Waals surface area contributed by atoms with E-state index in [1.165, 1.54) is 12.6 Å². The summed E-state index contributed by atoms with van der Waals surface area (Å²) in [5.74, 6) is -0.313. The highest BCUT2D eigenvalue weighted by Crippen LogP contribution is 2.31. The third kappa shape index (κ3) is 3.96. The molecule has 0 bridgehead atoms. The maximum absolute atomic E-state index is 12.9. The molecule has 1 heterocycles. The van der Waals surface area contributed by atoms with E-state index in [-0.39, 0.29) is 5.92 Å². The standard InChI is InChI=1S/C15H21F3N2/c1-19-14(15(16,17)18)13-7-9-20(10-8-13)11-12-5-3-2-4-6-12/h2-6,13-14,19H,7-11H2,1H3. The smallest absolute Gasteiger partial charge is 0.309 e. The lowest BCUT2D eigenvalue weighted by Gasteiger charge is -2.36. The number of halogens is 3.